The van der Waals surface area contributed by atoms with E-state index in [9.17, 15) is 14.7 Å². The number of hydrogen-bond donors (Lipinski definition) is 5. The molecule has 3 amide bonds. The van der Waals surface area contributed by atoms with Crippen molar-refractivity contribution in [1.82, 2.24) is 15.3 Å². The monoisotopic (exact) mass is 460 g/mol. The Bertz CT molecular complexity index is 1100. The SMILES string of the molecule is CNC(=O)Nc1nc(N)c(-c2nc(-c3cccc(NC(=O)[C@@H](O)C(C)(C)C)c3)cs2)s1. The summed E-state index contributed by atoms with van der Waals surface area (Å²) < 4.78 is 0. The molecule has 0 unspecified atom stereocenters. The quantitative estimate of drug-likeness (QED) is 0.394. The molecule has 2 heterocycles. The molecule has 164 valence electrons. The molecule has 3 aromatic rings. The van der Waals surface area contributed by atoms with Crippen LogP contribution >= 0.6 is 22.7 Å². The van der Waals surface area contributed by atoms with E-state index in [1.54, 1.807) is 39.0 Å². The minimum atomic E-state index is -1.13. The fourth-order valence-electron chi connectivity index (χ4n) is 2.57. The molecule has 0 radical (unpaired) electrons. The van der Waals surface area contributed by atoms with Crippen molar-refractivity contribution >= 4 is 51.2 Å². The normalized spacial score (nSPS) is 12.3. The van der Waals surface area contributed by atoms with E-state index in [4.69, 9.17) is 5.73 Å². The molecule has 0 aliphatic carbocycles. The first kappa shape index (κ1) is 22.7. The van der Waals surface area contributed by atoms with Crippen molar-refractivity contribution in [3.63, 3.8) is 0 Å². The van der Waals surface area contributed by atoms with Gasteiger partial charge in [-0.3, -0.25) is 10.1 Å². The van der Waals surface area contributed by atoms with Gasteiger partial charge in [-0.05, 0) is 17.5 Å². The van der Waals surface area contributed by atoms with Crippen molar-refractivity contribution in [3.05, 3.63) is 29.6 Å². The van der Waals surface area contributed by atoms with Crippen LogP contribution in [0.2, 0.25) is 0 Å². The number of nitrogens with two attached hydrogens (primary N) is 1. The summed E-state index contributed by atoms with van der Waals surface area (Å²) in [4.78, 5) is 33.2. The van der Waals surface area contributed by atoms with Crippen LogP contribution < -0.4 is 21.7 Å². The number of carbonyl (C=O) groups excluding carboxylic acids is 2. The van der Waals surface area contributed by atoms with E-state index in [2.05, 4.69) is 25.9 Å². The van der Waals surface area contributed by atoms with Gasteiger partial charge in [0.25, 0.3) is 5.91 Å². The van der Waals surface area contributed by atoms with E-state index >= 15 is 0 Å². The molecule has 0 spiro atoms. The van der Waals surface area contributed by atoms with Crippen LogP contribution in [0.25, 0.3) is 21.1 Å². The first-order valence-corrected chi connectivity index (χ1v) is 11.1. The number of anilines is 3. The first-order valence-electron chi connectivity index (χ1n) is 9.39. The number of carbonyl (C=O) groups is 2. The number of aromatic nitrogens is 2. The van der Waals surface area contributed by atoms with Crippen LogP contribution in [0.1, 0.15) is 20.8 Å². The lowest BCUT2D eigenvalue weighted by atomic mass is 9.88. The fourth-order valence-corrected chi connectivity index (χ4v) is 4.38. The minimum absolute atomic E-state index is 0.287. The highest BCUT2D eigenvalue weighted by Crippen LogP contribution is 2.38. The lowest BCUT2D eigenvalue weighted by molar-refractivity contribution is -0.129. The molecule has 9 nitrogen and oxygen atoms in total. The van der Waals surface area contributed by atoms with Crippen LogP contribution in [-0.2, 0) is 4.79 Å². The number of rotatable bonds is 5. The number of amides is 3. The molecule has 0 fully saturated rings. The van der Waals surface area contributed by atoms with Gasteiger partial charge < -0.3 is 21.5 Å². The number of hydrogen-bond acceptors (Lipinski definition) is 8. The number of aliphatic hydroxyl groups is 1. The van der Waals surface area contributed by atoms with Crippen molar-refractivity contribution < 1.29 is 14.7 Å². The molecule has 1 aromatic carbocycles. The molecule has 31 heavy (non-hydrogen) atoms. The van der Waals surface area contributed by atoms with Gasteiger partial charge >= 0.3 is 6.03 Å². The zero-order valence-electron chi connectivity index (χ0n) is 17.5. The predicted molar refractivity (Wildman–Crippen MR) is 125 cm³/mol. The number of nitrogen functional groups attached to an aromatic ring is 1. The molecule has 0 aliphatic heterocycles. The van der Waals surface area contributed by atoms with Crippen molar-refractivity contribution in [2.24, 2.45) is 5.41 Å². The Morgan fingerprint density at radius 1 is 1.19 bits per heavy atom. The predicted octanol–water partition coefficient (Wildman–Crippen LogP) is 3.61. The Balaban J connectivity index is 1.80. The standard InChI is InChI=1S/C20H24N6O3S2/c1-20(2,3)14(27)16(28)23-11-7-5-6-10(8-11)12-9-30-17(24-12)13-15(21)25-19(31-13)26-18(29)22-4/h5-9,14,27H,21H2,1-4H3,(H,23,28)(H2,22,25,26,29)/t14-/m1/s1. The van der Waals surface area contributed by atoms with Gasteiger partial charge in [0.1, 0.15) is 21.8 Å². The summed E-state index contributed by atoms with van der Waals surface area (Å²) in [5.41, 5.74) is 7.52. The summed E-state index contributed by atoms with van der Waals surface area (Å²) in [7, 11) is 1.51. The Morgan fingerprint density at radius 2 is 1.94 bits per heavy atom. The lowest BCUT2D eigenvalue weighted by Gasteiger charge is -2.24. The number of benzene rings is 1. The van der Waals surface area contributed by atoms with Crippen LogP contribution in [-0.4, -0.2) is 40.2 Å². The zero-order chi connectivity index (χ0) is 22.8. The summed E-state index contributed by atoms with van der Waals surface area (Å²) >= 11 is 2.64. The van der Waals surface area contributed by atoms with Gasteiger partial charge in [-0.25, -0.2) is 14.8 Å². The maximum Gasteiger partial charge on any atom is 0.320 e. The van der Waals surface area contributed by atoms with Gasteiger partial charge in [0.2, 0.25) is 0 Å². The van der Waals surface area contributed by atoms with Crippen LogP contribution in [0.4, 0.5) is 21.4 Å². The Kier molecular flexibility index (Phi) is 6.58. The number of nitrogens with zero attached hydrogens (tertiary/aromatic N) is 2. The molecule has 2 aromatic heterocycles. The summed E-state index contributed by atoms with van der Waals surface area (Å²) in [6, 6.07) is 6.85. The summed E-state index contributed by atoms with van der Waals surface area (Å²) in [6.45, 7) is 5.39. The van der Waals surface area contributed by atoms with E-state index in [0.717, 1.165) is 5.56 Å². The third-order valence-electron chi connectivity index (χ3n) is 4.29. The van der Waals surface area contributed by atoms with Crippen LogP contribution in [0.3, 0.4) is 0 Å². The van der Waals surface area contributed by atoms with E-state index < -0.39 is 17.4 Å². The van der Waals surface area contributed by atoms with Gasteiger partial charge in [-0.15, -0.1) is 11.3 Å². The van der Waals surface area contributed by atoms with E-state index in [-0.39, 0.29) is 11.8 Å². The number of nitrogens with one attached hydrogen (secondary N) is 3. The zero-order valence-corrected chi connectivity index (χ0v) is 19.1. The van der Waals surface area contributed by atoms with Crippen LogP contribution in [0.5, 0.6) is 0 Å². The van der Waals surface area contributed by atoms with Gasteiger partial charge in [0, 0.05) is 23.7 Å². The molecule has 3 rings (SSSR count). The number of thiazole rings is 2. The number of aliphatic hydroxyl groups excluding tert-OH is 1. The van der Waals surface area contributed by atoms with Crippen molar-refractivity contribution in [1.29, 1.82) is 0 Å². The number of urea groups is 1. The van der Waals surface area contributed by atoms with Crippen molar-refractivity contribution in [2.45, 2.75) is 26.9 Å². The molecule has 6 N–H and O–H groups in total. The molecular formula is C20H24N6O3S2. The van der Waals surface area contributed by atoms with E-state index in [0.29, 0.717) is 26.4 Å². The Morgan fingerprint density at radius 3 is 2.61 bits per heavy atom. The fraction of sp³-hybridized carbons (Fsp3) is 0.300. The maximum absolute atomic E-state index is 12.3. The van der Waals surface area contributed by atoms with Crippen molar-refractivity contribution in [3.8, 4) is 21.1 Å². The van der Waals surface area contributed by atoms with Crippen LogP contribution in [0.15, 0.2) is 29.6 Å². The van der Waals surface area contributed by atoms with Crippen LogP contribution in [0, 0.1) is 5.41 Å². The summed E-state index contributed by atoms with van der Waals surface area (Å²) in [5, 5.41) is 20.9. The average molecular weight is 461 g/mol. The highest BCUT2D eigenvalue weighted by atomic mass is 32.1. The highest BCUT2D eigenvalue weighted by molar-refractivity contribution is 7.23. The topological polar surface area (TPSA) is 142 Å². The second kappa shape index (κ2) is 9.00. The third-order valence-corrected chi connectivity index (χ3v) is 6.28. The van der Waals surface area contributed by atoms with E-state index in [1.807, 2.05) is 11.4 Å². The molecular weight excluding hydrogens is 436 g/mol. The Labute approximate surface area is 187 Å². The largest absolute Gasteiger partial charge is 0.383 e. The van der Waals surface area contributed by atoms with Crippen molar-refractivity contribution in [2.75, 3.05) is 23.4 Å². The molecule has 11 heteroatoms. The van der Waals surface area contributed by atoms with Gasteiger partial charge in [0.15, 0.2) is 5.13 Å². The lowest BCUT2D eigenvalue weighted by Crippen LogP contribution is -2.38. The Hall–Kier alpha value is -3.02. The molecule has 0 saturated carbocycles. The van der Waals surface area contributed by atoms with Gasteiger partial charge in [0.05, 0.1) is 5.69 Å². The minimum Gasteiger partial charge on any atom is -0.383 e. The van der Waals surface area contributed by atoms with Gasteiger partial charge in [-0.1, -0.05) is 44.2 Å². The third kappa shape index (κ3) is 5.37. The second-order valence-electron chi connectivity index (χ2n) is 7.81. The second-order valence-corrected chi connectivity index (χ2v) is 9.67. The molecule has 1 atom stereocenters. The first-order chi connectivity index (χ1) is 14.6. The highest BCUT2D eigenvalue weighted by Gasteiger charge is 2.29. The maximum atomic E-state index is 12.3. The molecule has 0 bridgehead atoms. The summed E-state index contributed by atoms with van der Waals surface area (Å²) in [6.07, 6.45) is -1.13. The summed E-state index contributed by atoms with van der Waals surface area (Å²) in [5.74, 6) is -0.174. The smallest absolute Gasteiger partial charge is 0.320 e. The van der Waals surface area contributed by atoms with Gasteiger partial charge in [-0.2, -0.15) is 0 Å². The van der Waals surface area contributed by atoms with E-state index in [1.165, 1.54) is 29.7 Å². The average Bonchev–Trinajstić information content (AvgIpc) is 3.33. The molecule has 0 aliphatic rings. The molecule has 0 saturated heterocycles.